The van der Waals surface area contributed by atoms with E-state index >= 15 is 0 Å². The van der Waals surface area contributed by atoms with Gasteiger partial charge in [0.25, 0.3) is 0 Å². The second-order valence-electron chi connectivity index (χ2n) is 6.44. The molecule has 1 N–H and O–H groups in total. The molecule has 5 nitrogen and oxygen atoms in total. The molecule has 1 unspecified atom stereocenters. The number of benzene rings is 1. The summed E-state index contributed by atoms with van der Waals surface area (Å²) in [5.41, 5.74) is 1.25. The molecule has 1 saturated carbocycles. The molecule has 112 valence electrons. The quantitative estimate of drug-likeness (QED) is 0.918. The summed E-state index contributed by atoms with van der Waals surface area (Å²) in [6.07, 6.45) is 3.19. The molecule has 3 aliphatic rings. The van der Waals surface area contributed by atoms with Gasteiger partial charge in [-0.25, -0.2) is 4.79 Å². The third-order valence-corrected chi connectivity index (χ3v) is 5.19. The van der Waals surface area contributed by atoms with E-state index in [1.54, 1.807) is 9.96 Å². The van der Waals surface area contributed by atoms with Crippen molar-refractivity contribution in [2.75, 3.05) is 13.2 Å². The first kappa shape index (κ1) is 13.1. The fourth-order valence-electron chi connectivity index (χ4n) is 3.79. The van der Waals surface area contributed by atoms with Gasteiger partial charge < -0.3 is 10.0 Å². The Kier molecular flexibility index (Phi) is 2.94. The van der Waals surface area contributed by atoms with Crippen LogP contribution in [0.1, 0.15) is 24.8 Å². The van der Waals surface area contributed by atoms with Crippen LogP contribution < -0.4 is 0 Å². The lowest BCUT2D eigenvalue weighted by atomic mass is 9.85. The topological polar surface area (TPSA) is 53.0 Å². The van der Waals surface area contributed by atoms with E-state index in [1.165, 1.54) is 0 Å². The Labute approximate surface area is 124 Å². The number of rotatable bonds is 4. The minimum Gasteiger partial charge on any atom is -0.394 e. The average molecular weight is 288 g/mol. The van der Waals surface area contributed by atoms with Crippen LogP contribution in [0, 0.1) is 5.41 Å². The zero-order chi connectivity index (χ0) is 14.4. The molecule has 2 bridgehead atoms. The molecule has 0 aromatic heterocycles. The van der Waals surface area contributed by atoms with Gasteiger partial charge in [-0.3, -0.25) is 4.84 Å². The number of hydrogen-bond acceptors (Lipinski definition) is 3. The van der Waals surface area contributed by atoms with Crippen molar-refractivity contribution < 1.29 is 14.7 Å². The van der Waals surface area contributed by atoms with E-state index in [0.29, 0.717) is 13.2 Å². The van der Waals surface area contributed by atoms with Gasteiger partial charge >= 0.3 is 6.03 Å². The molecule has 21 heavy (non-hydrogen) atoms. The fraction of sp³-hybridized carbons (Fsp3) is 0.562. The molecule has 1 aromatic rings. The molecule has 0 radical (unpaired) electrons. The molecule has 1 spiro atoms. The number of urea groups is 1. The van der Waals surface area contributed by atoms with Crippen molar-refractivity contribution in [3.05, 3.63) is 35.9 Å². The number of piperidine rings is 1. The van der Waals surface area contributed by atoms with E-state index in [1.807, 2.05) is 30.3 Å². The smallest absolute Gasteiger partial charge is 0.344 e. The predicted octanol–water partition coefficient (Wildman–Crippen LogP) is 1.77. The van der Waals surface area contributed by atoms with Crippen molar-refractivity contribution >= 4 is 6.03 Å². The van der Waals surface area contributed by atoms with Gasteiger partial charge in [-0.15, -0.1) is 0 Å². The summed E-state index contributed by atoms with van der Waals surface area (Å²) in [7, 11) is 0. The Morgan fingerprint density at radius 1 is 1.29 bits per heavy atom. The van der Waals surface area contributed by atoms with Gasteiger partial charge in [-0.05, 0) is 30.2 Å². The van der Waals surface area contributed by atoms with Crippen molar-refractivity contribution in [2.45, 2.75) is 38.0 Å². The molecule has 2 heterocycles. The summed E-state index contributed by atoms with van der Waals surface area (Å²) >= 11 is 0. The molecule has 2 saturated heterocycles. The Morgan fingerprint density at radius 3 is 2.71 bits per heavy atom. The molecule has 2 atom stereocenters. The maximum atomic E-state index is 12.5. The standard InChI is InChI=1S/C16H20N2O3/c19-10-13-8-16(6-7-16)14-9-17(13)15(20)18(14)21-11-12-4-2-1-3-5-12/h1-5,13-14,19H,6-11H2/t13-,14?/m0/s1. The van der Waals surface area contributed by atoms with E-state index in [9.17, 15) is 9.90 Å². The van der Waals surface area contributed by atoms with Crippen LogP contribution in [0.15, 0.2) is 30.3 Å². The largest absolute Gasteiger partial charge is 0.394 e. The van der Waals surface area contributed by atoms with Crippen LogP contribution in [0.2, 0.25) is 0 Å². The van der Waals surface area contributed by atoms with E-state index in [2.05, 4.69) is 0 Å². The van der Waals surface area contributed by atoms with Gasteiger partial charge in [0, 0.05) is 6.54 Å². The van der Waals surface area contributed by atoms with Gasteiger partial charge in [0.2, 0.25) is 0 Å². The number of nitrogens with zero attached hydrogens (tertiary/aromatic N) is 2. The summed E-state index contributed by atoms with van der Waals surface area (Å²) in [6, 6.07) is 9.92. The van der Waals surface area contributed by atoms with Crippen LogP contribution in [-0.2, 0) is 11.4 Å². The monoisotopic (exact) mass is 288 g/mol. The highest BCUT2D eigenvalue weighted by Crippen LogP contribution is 2.59. The molecule has 1 aromatic carbocycles. The third kappa shape index (κ3) is 2.03. The summed E-state index contributed by atoms with van der Waals surface area (Å²) in [4.78, 5) is 20.1. The normalized spacial score (nSPS) is 29.3. The summed E-state index contributed by atoms with van der Waals surface area (Å²) < 4.78 is 0. The number of carbonyl (C=O) groups excluding carboxylic acids is 1. The van der Waals surface area contributed by atoms with Gasteiger partial charge in [-0.1, -0.05) is 30.3 Å². The molecule has 2 amide bonds. The SMILES string of the molecule is O=C1N(OCc2ccccc2)C2CN1[C@H](CO)CC21CC1. The summed E-state index contributed by atoms with van der Waals surface area (Å²) in [5, 5.41) is 11.1. The van der Waals surface area contributed by atoms with Crippen molar-refractivity contribution in [3.63, 3.8) is 0 Å². The number of amides is 2. The maximum Gasteiger partial charge on any atom is 0.344 e. The Hall–Kier alpha value is -1.59. The van der Waals surface area contributed by atoms with E-state index < -0.39 is 0 Å². The van der Waals surface area contributed by atoms with E-state index in [4.69, 9.17) is 4.84 Å². The fourth-order valence-corrected chi connectivity index (χ4v) is 3.79. The van der Waals surface area contributed by atoms with Gasteiger partial charge in [0.05, 0.1) is 18.7 Å². The zero-order valence-electron chi connectivity index (χ0n) is 11.9. The number of hydroxylamine groups is 2. The molecular formula is C16H20N2O3. The van der Waals surface area contributed by atoms with Gasteiger partial charge in [0.15, 0.2) is 0 Å². The lowest BCUT2D eigenvalue weighted by molar-refractivity contribution is -0.153. The lowest BCUT2D eigenvalue weighted by Crippen LogP contribution is -2.47. The van der Waals surface area contributed by atoms with Crippen LogP contribution in [0.25, 0.3) is 0 Å². The Balaban J connectivity index is 1.52. The third-order valence-electron chi connectivity index (χ3n) is 5.19. The van der Waals surface area contributed by atoms with Gasteiger partial charge in [0.1, 0.15) is 6.61 Å². The van der Waals surface area contributed by atoms with E-state index in [-0.39, 0.29) is 30.1 Å². The Bertz CT molecular complexity index is 544. The first-order chi connectivity index (χ1) is 10.2. The molecular weight excluding hydrogens is 268 g/mol. The average Bonchev–Trinajstić information content (AvgIpc) is 3.23. The zero-order valence-corrected chi connectivity index (χ0v) is 11.9. The highest BCUT2D eigenvalue weighted by molar-refractivity contribution is 5.77. The number of fused-ring (bicyclic) bond motifs is 3. The van der Waals surface area contributed by atoms with Crippen LogP contribution in [0.5, 0.6) is 0 Å². The molecule has 4 rings (SSSR count). The molecule has 2 aliphatic heterocycles. The first-order valence-electron chi connectivity index (χ1n) is 7.61. The summed E-state index contributed by atoms with van der Waals surface area (Å²) in [6.45, 7) is 1.16. The predicted molar refractivity (Wildman–Crippen MR) is 76.1 cm³/mol. The van der Waals surface area contributed by atoms with Crippen LogP contribution >= 0.6 is 0 Å². The Morgan fingerprint density at radius 2 is 2.05 bits per heavy atom. The summed E-state index contributed by atoms with van der Waals surface area (Å²) in [5.74, 6) is 0. The second-order valence-corrected chi connectivity index (χ2v) is 6.44. The highest BCUT2D eigenvalue weighted by atomic mass is 16.7. The minimum absolute atomic E-state index is 0.0402. The van der Waals surface area contributed by atoms with Crippen LogP contribution in [0.4, 0.5) is 4.79 Å². The number of aliphatic hydroxyl groups is 1. The van der Waals surface area contributed by atoms with Crippen molar-refractivity contribution in [1.82, 2.24) is 9.96 Å². The minimum atomic E-state index is -0.0845. The first-order valence-corrected chi connectivity index (χ1v) is 7.61. The number of hydrogen-bond donors (Lipinski definition) is 1. The van der Waals surface area contributed by atoms with Gasteiger partial charge in [-0.2, -0.15) is 5.06 Å². The van der Waals surface area contributed by atoms with Crippen LogP contribution in [-0.4, -0.2) is 46.3 Å². The van der Waals surface area contributed by atoms with Crippen molar-refractivity contribution in [1.29, 1.82) is 0 Å². The molecule has 5 heteroatoms. The second kappa shape index (κ2) is 4.71. The van der Waals surface area contributed by atoms with E-state index in [0.717, 1.165) is 24.8 Å². The molecule has 3 fully saturated rings. The molecule has 1 aliphatic carbocycles. The van der Waals surface area contributed by atoms with Crippen molar-refractivity contribution in [3.8, 4) is 0 Å². The lowest BCUT2D eigenvalue weighted by Gasteiger charge is -2.35. The number of carbonyl (C=O) groups is 1. The highest BCUT2D eigenvalue weighted by Gasteiger charge is 2.62. The maximum absolute atomic E-state index is 12.5. The van der Waals surface area contributed by atoms with Crippen molar-refractivity contribution in [2.24, 2.45) is 5.41 Å². The van der Waals surface area contributed by atoms with Crippen LogP contribution in [0.3, 0.4) is 0 Å². The number of aliphatic hydroxyl groups excluding tert-OH is 1.